The Hall–Kier alpha value is -3.36. The summed E-state index contributed by atoms with van der Waals surface area (Å²) in [5.41, 5.74) is 6.88. The predicted molar refractivity (Wildman–Crippen MR) is 120 cm³/mol. The van der Waals surface area contributed by atoms with Crippen LogP contribution in [0.4, 0.5) is 5.69 Å². The summed E-state index contributed by atoms with van der Waals surface area (Å²) in [7, 11) is -2.49. The van der Waals surface area contributed by atoms with Gasteiger partial charge in [0.25, 0.3) is 15.9 Å². The van der Waals surface area contributed by atoms with Gasteiger partial charge in [-0.25, -0.2) is 8.42 Å². The summed E-state index contributed by atoms with van der Waals surface area (Å²) in [6.45, 7) is 0.152. The molecule has 7 nitrogen and oxygen atoms in total. The highest BCUT2D eigenvalue weighted by atomic mass is 35.5. The first-order valence-electron chi connectivity index (χ1n) is 9.20. The smallest absolute Gasteiger partial charge is 0.264 e. The Labute approximate surface area is 185 Å². The first-order chi connectivity index (χ1) is 14.7. The van der Waals surface area contributed by atoms with Crippen molar-refractivity contribution in [2.45, 2.75) is 11.4 Å². The van der Waals surface area contributed by atoms with Crippen molar-refractivity contribution in [1.82, 2.24) is 5.32 Å². The van der Waals surface area contributed by atoms with Gasteiger partial charge in [0.2, 0.25) is 5.91 Å². The Bertz CT molecular complexity index is 1240. The molecule has 160 valence electrons. The van der Waals surface area contributed by atoms with Crippen LogP contribution in [-0.2, 0) is 16.6 Å². The number of amides is 2. The lowest BCUT2D eigenvalue weighted by molar-refractivity contribution is 0.0950. The zero-order chi connectivity index (χ0) is 22.6. The Kier molecular flexibility index (Phi) is 6.62. The molecule has 0 aliphatic carbocycles. The molecule has 0 bridgehead atoms. The van der Waals surface area contributed by atoms with Crippen LogP contribution in [0.1, 0.15) is 26.3 Å². The summed E-state index contributed by atoms with van der Waals surface area (Å²) in [6.07, 6.45) is 0. The third-order valence-corrected chi connectivity index (χ3v) is 6.61. The van der Waals surface area contributed by atoms with Crippen LogP contribution in [0.3, 0.4) is 0 Å². The van der Waals surface area contributed by atoms with Crippen LogP contribution >= 0.6 is 11.6 Å². The third-order valence-electron chi connectivity index (χ3n) is 4.59. The molecule has 2 amide bonds. The topological polar surface area (TPSA) is 110 Å². The first kappa shape index (κ1) is 22.3. The van der Waals surface area contributed by atoms with Gasteiger partial charge < -0.3 is 11.1 Å². The molecule has 0 radical (unpaired) electrons. The summed E-state index contributed by atoms with van der Waals surface area (Å²) < 4.78 is 27.1. The summed E-state index contributed by atoms with van der Waals surface area (Å²) in [6, 6.07) is 18.8. The highest BCUT2D eigenvalue weighted by Gasteiger charge is 2.22. The summed E-state index contributed by atoms with van der Waals surface area (Å²) in [5, 5.41) is 3.12. The lowest BCUT2D eigenvalue weighted by atomic mass is 10.1. The van der Waals surface area contributed by atoms with Crippen molar-refractivity contribution in [3.8, 4) is 0 Å². The maximum Gasteiger partial charge on any atom is 0.264 e. The molecule has 0 saturated heterocycles. The fourth-order valence-electron chi connectivity index (χ4n) is 2.89. The van der Waals surface area contributed by atoms with Gasteiger partial charge in [-0.2, -0.15) is 0 Å². The Morgan fingerprint density at radius 1 is 0.968 bits per heavy atom. The number of halogens is 1. The minimum Gasteiger partial charge on any atom is -0.366 e. The second-order valence-electron chi connectivity index (χ2n) is 6.73. The van der Waals surface area contributed by atoms with Gasteiger partial charge in [0.15, 0.2) is 0 Å². The molecule has 31 heavy (non-hydrogen) atoms. The number of hydrogen-bond donors (Lipinski definition) is 2. The van der Waals surface area contributed by atoms with E-state index in [0.717, 1.165) is 4.31 Å². The molecule has 3 N–H and O–H groups in total. The summed E-state index contributed by atoms with van der Waals surface area (Å²) in [5.74, 6) is -1.01. The van der Waals surface area contributed by atoms with E-state index in [1.807, 2.05) is 0 Å². The predicted octanol–water partition coefficient (Wildman–Crippen LogP) is 3.19. The number of primary amides is 1. The number of nitrogens with zero attached hydrogens (tertiary/aromatic N) is 1. The number of benzene rings is 3. The second-order valence-corrected chi connectivity index (χ2v) is 9.13. The Morgan fingerprint density at radius 3 is 2.35 bits per heavy atom. The maximum absolute atomic E-state index is 13.0. The molecular weight excluding hydrogens is 438 g/mol. The fraction of sp³-hybridized carbons (Fsp3) is 0.0909. The van der Waals surface area contributed by atoms with E-state index >= 15 is 0 Å². The van der Waals surface area contributed by atoms with E-state index in [1.165, 1.54) is 37.4 Å². The van der Waals surface area contributed by atoms with Crippen molar-refractivity contribution in [3.05, 3.63) is 94.5 Å². The average Bonchev–Trinajstić information content (AvgIpc) is 2.77. The van der Waals surface area contributed by atoms with Crippen LogP contribution in [0.5, 0.6) is 0 Å². The molecule has 0 aromatic heterocycles. The van der Waals surface area contributed by atoms with Gasteiger partial charge >= 0.3 is 0 Å². The zero-order valence-corrected chi connectivity index (χ0v) is 18.2. The summed E-state index contributed by atoms with van der Waals surface area (Å²) in [4.78, 5) is 23.8. The normalized spacial score (nSPS) is 11.0. The number of hydrogen-bond acceptors (Lipinski definition) is 4. The highest BCUT2D eigenvalue weighted by Crippen LogP contribution is 2.25. The molecule has 3 aromatic carbocycles. The van der Waals surface area contributed by atoms with Crippen molar-refractivity contribution in [2.75, 3.05) is 11.4 Å². The number of anilines is 1. The minimum absolute atomic E-state index is 0.0293. The molecular formula is C22H20ClN3O4S. The standard InChI is InChI=1S/C22H20ClN3O4S/c1-26(19-9-4-8-18(23)13-19)31(29,30)20-10-3-7-17(12-20)22(28)25-14-15-5-2-6-16(11-15)21(24)27/h2-13H,14H2,1H3,(H2,24,27)(H,25,28). The molecule has 0 unspecified atom stereocenters. The highest BCUT2D eigenvalue weighted by molar-refractivity contribution is 7.92. The van der Waals surface area contributed by atoms with E-state index in [0.29, 0.717) is 21.8 Å². The van der Waals surface area contributed by atoms with E-state index in [-0.39, 0.29) is 17.0 Å². The van der Waals surface area contributed by atoms with Gasteiger partial charge in [0, 0.05) is 29.7 Å². The van der Waals surface area contributed by atoms with Gasteiger partial charge in [0.05, 0.1) is 10.6 Å². The quantitative estimate of drug-likeness (QED) is 0.567. The Morgan fingerprint density at radius 2 is 1.65 bits per heavy atom. The van der Waals surface area contributed by atoms with Crippen molar-refractivity contribution in [1.29, 1.82) is 0 Å². The van der Waals surface area contributed by atoms with E-state index in [9.17, 15) is 18.0 Å². The average molecular weight is 458 g/mol. The zero-order valence-electron chi connectivity index (χ0n) is 16.6. The second kappa shape index (κ2) is 9.20. The van der Waals surface area contributed by atoms with Crippen molar-refractivity contribution in [3.63, 3.8) is 0 Å². The van der Waals surface area contributed by atoms with Gasteiger partial charge in [-0.1, -0.05) is 35.9 Å². The van der Waals surface area contributed by atoms with E-state index in [4.69, 9.17) is 17.3 Å². The van der Waals surface area contributed by atoms with Crippen LogP contribution in [0.2, 0.25) is 5.02 Å². The Balaban J connectivity index is 1.78. The monoisotopic (exact) mass is 457 g/mol. The molecule has 0 spiro atoms. The number of carbonyl (C=O) groups is 2. The minimum atomic E-state index is -3.90. The molecule has 0 saturated carbocycles. The number of nitrogens with one attached hydrogen (secondary N) is 1. The van der Waals surface area contributed by atoms with Crippen LogP contribution < -0.4 is 15.4 Å². The molecule has 9 heteroatoms. The molecule has 3 rings (SSSR count). The van der Waals surface area contributed by atoms with Crippen molar-refractivity contribution >= 4 is 39.1 Å². The van der Waals surface area contributed by atoms with Crippen LogP contribution in [-0.4, -0.2) is 27.3 Å². The van der Waals surface area contributed by atoms with Crippen LogP contribution in [0.25, 0.3) is 0 Å². The number of nitrogens with two attached hydrogens (primary N) is 1. The molecule has 3 aromatic rings. The molecule has 0 aliphatic heterocycles. The van der Waals surface area contributed by atoms with Gasteiger partial charge in [-0.3, -0.25) is 13.9 Å². The molecule has 0 aliphatic rings. The molecule has 0 fully saturated rings. The van der Waals surface area contributed by atoms with E-state index in [2.05, 4.69) is 5.32 Å². The van der Waals surface area contributed by atoms with Gasteiger partial charge in [-0.15, -0.1) is 0 Å². The van der Waals surface area contributed by atoms with E-state index < -0.39 is 21.8 Å². The van der Waals surface area contributed by atoms with Crippen molar-refractivity contribution < 1.29 is 18.0 Å². The van der Waals surface area contributed by atoms with Gasteiger partial charge in [-0.05, 0) is 54.1 Å². The van der Waals surface area contributed by atoms with Crippen LogP contribution in [0.15, 0.2) is 77.7 Å². The lowest BCUT2D eigenvalue weighted by Crippen LogP contribution is -2.27. The number of carbonyl (C=O) groups excluding carboxylic acids is 2. The fourth-order valence-corrected chi connectivity index (χ4v) is 4.30. The maximum atomic E-state index is 13.0. The van der Waals surface area contributed by atoms with E-state index in [1.54, 1.807) is 42.5 Å². The molecule has 0 heterocycles. The lowest BCUT2D eigenvalue weighted by Gasteiger charge is -2.20. The van der Waals surface area contributed by atoms with Crippen LogP contribution in [0, 0.1) is 0 Å². The number of rotatable bonds is 7. The third kappa shape index (κ3) is 5.22. The van der Waals surface area contributed by atoms with Gasteiger partial charge in [0.1, 0.15) is 0 Å². The molecule has 0 atom stereocenters. The van der Waals surface area contributed by atoms with Crippen molar-refractivity contribution in [2.24, 2.45) is 5.73 Å². The first-order valence-corrected chi connectivity index (χ1v) is 11.0. The largest absolute Gasteiger partial charge is 0.366 e. The summed E-state index contributed by atoms with van der Waals surface area (Å²) >= 11 is 5.96. The SMILES string of the molecule is CN(c1cccc(Cl)c1)S(=O)(=O)c1cccc(C(=O)NCc2cccc(C(N)=O)c2)c1. The number of sulfonamides is 1.